The molecule has 2 saturated heterocycles. The monoisotopic (exact) mass is 679 g/mol. The fraction of sp³-hybridized carbons (Fsp3) is 0.586. The molecule has 0 aliphatic carbocycles. The topological polar surface area (TPSA) is 125 Å². The van der Waals surface area contributed by atoms with Crippen LogP contribution >= 0.6 is 23.8 Å². The van der Waals surface area contributed by atoms with E-state index in [0.717, 1.165) is 0 Å². The van der Waals surface area contributed by atoms with Gasteiger partial charge in [0.05, 0.1) is 12.9 Å². The Hall–Kier alpha value is -2.18. The van der Waals surface area contributed by atoms with Crippen LogP contribution in [0.25, 0.3) is 11.2 Å². The minimum absolute atomic E-state index is 0.00941. The van der Waals surface area contributed by atoms with Crippen molar-refractivity contribution in [3.63, 3.8) is 0 Å². The summed E-state index contributed by atoms with van der Waals surface area (Å²) in [6, 6.07) is 9.22. The number of para-hydroxylation sites is 1. The van der Waals surface area contributed by atoms with Crippen LogP contribution in [0.3, 0.4) is 0 Å². The number of fused-ring (bicyclic) bond motifs is 2. The SMILES string of the molecule is CC(C)[Si]1(C(C)C)OCC2OC(n3cnc4c(N)nc(Cl)nc43)C(OC(=S)Oc3ccccc3)C2O[Si](C(C)C)(C(C)C)O1. The first-order chi connectivity index (χ1) is 20.8. The molecule has 4 atom stereocenters. The second-order valence-corrected chi connectivity index (χ2v) is 22.1. The van der Waals surface area contributed by atoms with Crippen LogP contribution in [0.1, 0.15) is 61.6 Å². The number of hydrogen-bond acceptors (Lipinski definition) is 11. The number of anilines is 1. The van der Waals surface area contributed by atoms with Crippen molar-refractivity contribution in [2.45, 2.75) is 102 Å². The maximum Gasteiger partial charge on any atom is 0.358 e. The number of halogens is 1. The van der Waals surface area contributed by atoms with Gasteiger partial charge in [-0.1, -0.05) is 73.6 Å². The predicted octanol–water partition coefficient (Wildman–Crippen LogP) is 6.66. The largest absolute Gasteiger partial charge is 0.446 e. The third-order valence-corrected chi connectivity index (χ3v) is 19.1. The molecule has 1 aromatic carbocycles. The molecule has 3 aromatic rings. The molecule has 15 heteroatoms. The summed E-state index contributed by atoms with van der Waals surface area (Å²) in [4.78, 5) is 12.9. The number of nitrogens with zero attached hydrogens (tertiary/aromatic N) is 4. The highest BCUT2D eigenvalue weighted by molar-refractivity contribution is 7.79. The third-order valence-electron chi connectivity index (χ3n) is 8.49. The van der Waals surface area contributed by atoms with Crippen molar-refractivity contribution in [3.8, 4) is 5.75 Å². The maximum atomic E-state index is 7.38. The molecule has 2 aromatic heterocycles. The molecule has 11 nitrogen and oxygen atoms in total. The third kappa shape index (κ3) is 6.02. The van der Waals surface area contributed by atoms with Gasteiger partial charge < -0.3 is 32.9 Å². The summed E-state index contributed by atoms with van der Waals surface area (Å²) in [5.41, 5.74) is 7.49. The molecule has 4 heterocycles. The van der Waals surface area contributed by atoms with E-state index < -0.39 is 41.7 Å². The predicted molar refractivity (Wildman–Crippen MR) is 177 cm³/mol. The normalized spacial score (nSPS) is 24.9. The van der Waals surface area contributed by atoms with E-state index >= 15 is 0 Å². The molecule has 240 valence electrons. The first kappa shape index (κ1) is 33.2. The lowest BCUT2D eigenvalue weighted by Gasteiger charge is -2.51. The summed E-state index contributed by atoms with van der Waals surface area (Å²) in [5, 5.41) is -0.0844. The van der Waals surface area contributed by atoms with E-state index in [4.69, 9.17) is 56.7 Å². The van der Waals surface area contributed by atoms with E-state index in [9.17, 15) is 0 Å². The van der Waals surface area contributed by atoms with Crippen LogP contribution in [0.4, 0.5) is 5.82 Å². The van der Waals surface area contributed by atoms with Gasteiger partial charge >= 0.3 is 22.4 Å². The van der Waals surface area contributed by atoms with Crippen molar-refractivity contribution in [3.05, 3.63) is 41.9 Å². The molecule has 2 aliphatic heterocycles. The maximum absolute atomic E-state index is 7.38. The standard InChI is InChI=1S/C29H42ClN5O6SSi2/c1-16(2)43(17(3)4)36-14-21-23(40-44(41-43,18(5)6)19(7)8)24(39-29(42)37-20-12-10-9-11-13-20)27(38-21)35-15-32-22-25(31)33-28(30)34-26(22)35/h9-13,15-19,21,23-24,27H,14H2,1-8H3,(H2,31,33,34). The highest BCUT2D eigenvalue weighted by Gasteiger charge is 2.62. The Balaban J connectivity index is 1.61. The number of benzene rings is 1. The molecule has 2 fully saturated rings. The zero-order valence-electron chi connectivity index (χ0n) is 26.4. The number of nitrogen functional groups attached to an aromatic ring is 1. The number of imidazole rings is 1. The molecule has 0 bridgehead atoms. The Labute approximate surface area is 271 Å². The Bertz CT molecular complexity index is 1460. The van der Waals surface area contributed by atoms with Crippen LogP contribution in [-0.4, -0.2) is 66.8 Å². The van der Waals surface area contributed by atoms with E-state index in [1.165, 1.54) is 0 Å². The Morgan fingerprint density at radius 2 is 1.64 bits per heavy atom. The van der Waals surface area contributed by atoms with Crippen LogP contribution in [-0.2, 0) is 22.4 Å². The fourth-order valence-corrected chi connectivity index (χ4v) is 17.9. The minimum atomic E-state index is -3.02. The minimum Gasteiger partial charge on any atom is -0.446 e. The fourth-order valence-electron chi connectivity index (χ4n) is 6.29. The van der Waals surface area contributed by atoms with Gasteiger partial charge in [-0.25, -0.2) is 4.98 Å². The summed E-state index contributed by atoms with van der Waals surface area (Å²) >= 11 is 11.8. The summed E-state index contributed by atoms with van der Waals surface area (Å²) in [6.45, 7) is 17.6. The number of nitrogens with two attached hydrogens (primary N) is 1. The van der Waals surface area contributed by atoms with Crippen molar-refractivity contribution in [2.24, 2.45) is 0 Å². The van der Waals surface area contributed by atoms with Gasteiger partial charge in [0.2, 0.25) is 5.28 Å². The van der Waals surface area contributed by atoms with Gasteiger partial charge in [-0.15, -0.1) is 0 Å². The van der Waals surface area contributed by atoms with E-state index in [2.05, 4.69) is 70.3 Å². The molecular formula is C29H42ClN5O6SSi2. The first-order valence-corrected chi connectivity index (χ1v) is 19.8. The van der Waals surface area contributed by atoms with Crippen LogP contribution in [0.15, 0.2) is 36.7 Å². The van der Waals surface area contributed by atoms with E-state index in [0.29, 0.717) is 16.9 Å². The van der Waals surface area contributed by atoms with Gasteiger partial charge in [-0.3, -0.25) is 4.57 Å². The smallest absolute Gasteiger partial charge is 0.358 e. The average molecular weight is 680 g/mol. The molecular weight excluding hydrogens is 638 g/mol. The number of ether oxygens (including phenoxy) is 3. The highest BCUT2D eigenvalue weighted by Crippen LogP contribution is 2.49. The molecule has 0 saturated carbocycles. The number of rotatable bonds is 7. The van der Waals surface area contributed by atoms with Gasteiger partial charge in [0.15, 0.2) is 23.8 Å². The van der Waals surface area contributed by atoms with Crippen molar-refractivity contribution in [2.75, 3.05) is 12.3 Å². The number of thiocarbonyl (C=S) groups is 1. The second kappa shape index (κ2) is 12.9. The average Bonchev–Trinajstić information content (AvgIpc) is 3.49. The Kier molecular flexibility index (Phi) is 9.74. The highest BCUT2D eigenvalue weighted by atomic mass is 35.5. The molecule has 5 rings (SSSR count). The Morgan fingerprint density at radius 1 is 1.00 bits per heavy atom. The van der Waals surface area contributed by atoms with Crippen molar-refractivity contribution in [1.82, 2.24) is 19.5 Å². The van der Waals surface area contributed by atoms with Gasteiger partial charge in [-0.05, 0) is 45.9 Å². The van der Waals surface area contributed by atoms with Gasteiger partial charge in [0.25, 0.3) is 0 Å². The van der Waals surface area contributed by atoms with Gasteiger partial charge in [-0.2, -0.15) is 9.97 Å². The van der Waals surface area contributed by atoms with Crippen LogP contribution < -0.4 is 10.5 Å². The van der Waals surface area contributed by atoms with Gasteiger partial charge in [0, 0.05) is 12.2 Å². The van der Waals surface area contributed by atoms with Crippen molar-refractivity contribution < 1.29 is 27.2 Å². The molecule has 2 aliphatic rings. The summed E-state index contributed by atoms with van der Waals surface area (Å²) < 4.78 is 42.5. The van der Waals surface area contributed by atoms with Gasteiger partial charge in [0.1, 0.15) is 23.5 Å². The zero-order chi connectivity index (χ0) is 32.0. The van der Waals surface area contributed by atoms with Crippen LogP contribution in [0, 0.1) is 0 Å². The number of aromatic nitrogens is 4. The molecule has 0 spiro atoms. The van der Waals surface area contributed by atoms with Crippen LogP contribution in [0.2, 0.25) is 27.4 Å². The van der Waals surface area contributed by atoms with Crippen LogP contribution in [0.5, 0.6) is 5.75 Å². The molecule has 44 heavy (non-hydrogen) atoms. The molecule has 0 radical (unpaired) electrons. The summed E-state index contributed by atoms with van der Waals surface area (Å²) in [7, 11) is -5.82. The lowest BCUT2D eigenvalue weighted by Crippen LogP contribution is -2.66. The lowest BCUT2D eigenvalue weighted by atomic mass is 10.1. The Morgan fingerprint density at radius 3 is 2.25 bits per heavy atom. The quantitative estimate of drug-likeness (QED) is 0.164. The molecule has 4 unspecified atom stereocenters. The van der Waals surface area contributed by atoms with Crippen molar-refractivity contribution >= 4 is 63.2 Å². The van der Waals surface area contributed by atoms with E-state index in [1.807, 2.05) is 18.2 Å². The first-order valence-electron chi connectivity index (χ1n) is 15.1. The summed E-state index contributed by atoms with van der Waals surface area (Å²) in [6.07, 6.45) is -1.13. The molecule has 2 N–H and O–H groups in total. The molecule has 0 amide bonds. The number of hydrogen-bond donors (Lipinski definition) is 1. The second-order valence-electron chi connectivity index (χ2n) is 12.6. The van der Waals surface area contributed by atoms with Crippen molar-refractivity contribution in [1.29, 1.82) is 0 Å². The zero-order valence-corrected chi connectivity index (χ0v) is 30.0. The lowest BCUT2D eigenvalue weighted by molar-refractivity contribution is -0.0569. The van der Waals surface area contributed by atoms with E-state index in [1.54, 1.807) is 23.0 Å². The van der Waals surface area contributed by atoms with E-state index in [-0.39, 0.29) is 45.1 Å². The summed E-state index contributed by atoms with van der Waals surface area (Å²) in [5.74, 6) is 0.708.